The normalized spacial score (nSPS) is 16.9. The molecule has 1 aromatic rings. The number of alkyl halides is 3. The Bertz CT molecular complexity index is 488. The molecule has 2 heterocycles. The predicted octanol–water partition coefficient (Wildman–Crippen LogP) is 1.59. The fourth-order valence-electron chi connectivity index (χ4n) is 1.63. The molecule has 0 bridgehead atoms. The first-order valence-electron chi connectivity index (χ1n) is 5.45. The summed E-state index contributed by atoms with van der Waals surface area (Å²) in [5, 5.41) is 0.975. The molecule has 0 atom stereocenters. The molecule has 5 nitrogen and oxygen atoms in total. The van der Waals surface area contributed by atoms with Crippen LogP contribution in [0.15, 0.2) is 24.8 Å². The number of rotatable bonds is 2. The van der Waals surface area contributed by atoms with E-state index in [1.165, 1.54) is 6.33 Å². The minimum atomic E-state index is -4.97. The van der Waals surface area contributed by atoms with Crippen LogP contribution in [0.3, 0.4) is 0 Å². The van der Waals surface area contributed by atoms with Crippen LogP contribution in [0.4, 0.5) is 13.2 Å². The van der Waals surface area contributed by atoms with Crippen LogP contribution >= 0.6 is 0 Å². The third-order valence-electron chi connectivity index (χ3n) is 2.55. The van der Waals surface area contributed by atoms with Gasteiger partial charge < -0.3 is 4.84 Å². The lowest BCUT2D eigenvalue weighted by Gasteiger charge is -2.25. The van der Waals surface area contributed by atoms with Crippen LogP contribution in [0.1, 0.15) is 12.0 Å². The highest BCUT2D eigenvalue weighted by atomic mass is 19.4. The predicted molar refractivity (Wildman–Crippen MR) is 58.3 cm³/mol. The summed E-state index contributed by atoms with van der Waals surface area (Å²) >= 11 is 0. The smallest absolute Gasteiger partial charge is 0.360 e. The highest BCUT2D eigenvalue weighted by Crippen LogP contribution is 2.23. The Labute approximate surface area is 106 Å². The van der Waals surface area contributed by atoms with Gasteiger partial charge in [0, 0.05) is 24.5 Å². The zero-order chi connectivity index (χ0) is 13.9. The fraction of sp³-hybridized carbons (Fsp3) is 0.364. The molecule has 102 valence electrons. The summed E-state index contributed by atoms with van der Waals surface area (Å²) in [4.78, 5) is 22.6. The van der Waals surface area contributed by atoms with E-state index < -0.39 is 12.1 Å². The van der Waals surface area contributed by atoms with Crippen LogP contribution in [0.2, 0.25) is 0 Å². The molecule has 1 aliphatic rings. The molecule has 1 aliphatic heterocycles. The molecule has 2 rings (SSSR count). The van der Waals surface area contributed by atoms with Crippen molar-refractivity contribution in [1.29, 1.82) is 0 Å². The van der Waals surface area contributed by atoms with E-state index >= 15 is 0 Å². The second kappa shape index (κ2) is 5.35. The largest absolute Gasteiger partial charge is 0.492 e. The molecular formula is C11H10F3N3O2. The van der Waals surface area contributed by atoms with E-state index in [1.54, 1.807) is 18.5 Å². The van der Waals surface area contributed by atoms with Crippen LogP contribution in [0, 0.1) is 0 Å². The average molecular weight is 273 g/mol. The van der Waals surface area contributed by atoms with Crippen LogP contribution < -0.4 is 0 Å². The molecule has 0 unspecified atom stereocenters. The lowest BCUT2D eigenvalue weighted by atomic mass is 10.0. The van der Waals surface area contributed by atoms with E-state index in [1.807, 2.05) is 0 Å². The van der Waals surface area contributed by atoms with Crippen molar-refractivity contribution in [2.24, 2.45) is 0 Å². The van der Waals surface area contributed by atoms with Crippen molar-refractivity contribution in [2.75, 3.05) is 13.1 Å². The maximum Gasteiger partial charge on any atom is 0.492 e. The Kier molecular flexibility index (Phi) is 3.79. The van der Waals surface area contributed by atoms with E-state index in [0.717, 1.165) is 16.2 Å². The van der Waals surface area contributed by atoms with Gasteiger partial charge in [0.05, 0.1) is 6.54 Å². The maximum atomic E-state index is 12.0. The quantitative estimate of drug-likeness (QED) is 0.819. The molecule has 0 N–H and O–H groups in total. The lowest BCUT2D eigenvalue weighted by Crippen LogP contribution is -2.37. The Hall–Kier alpha value is -1.96. The number of hydrogen-bond acceptors (Lipinski definition) is 5. The number of carbonyl (C=O) groups excluding carboxylic acids is 1. The van der Waals surface area contributed by atoms with Gasteiger partial charge in [-0.05, 0) is 12.0 Å². The molecule has 0 amide bonds. The van der Waals surface area contributed by atoms with E-state index in [-0.39, 0.29) is 13.1 Å². The van der Waals surface area contributed by atoms with Crippen molar-refractivity contribution in [3.63, 3.8) is 0 Å². The second-order valence-electron chi connectivity index (χ2n) is 3.87. The van der Waals surface area contributed by atoms with E-state index in [2.05, 4.69) is 14.8 Å². The summed E-state index contributed by atoms with van der Waals surface area (Å²) in [5.74, 6) is -2.20. The van der Waals surface area contributed by atoms with E-state index in [4.69, 9.17) is 0 Å². The third-order valence-corrected chi connectivity index (χ3v) is 2.55. The molecule has 0 saturated carbocycles. The number of halogens is 3. The van der Waals surface area contributed by atoms with Crippen LogP contribution in [0.5, 0.6) is 0 Å². The van der Waals surface area contributed by atoms with Crippen LogP contribution in [-0.2, 0) is 9.63 Å². The zero-order valence-corrected chi connectivity index (χ0v) is 9.72. The van der Waals surface area contributed by atoms with Gasteiger partial charge in [-0.1, -0.05) is 6.08 Å². The van der Waals surface area contributed by atoms with Crippen LogP contribution in [-0.4, -0.2) is 40.3 Å². The van der Waals surface area contributed by atoms with Gasteiger partial charge >= 0.3 is 12.1 Å². The van der Waals surface area contributed by atoms with Gasteiger partial charge in [-0.15, -0.1) is 5.06 Å². The molecule has 0 fully saturated rings. The minimum Gasteiger partial charge on any atom is -0.360 e. The molecule has 0 aliphatic carbocycles. The lowest BCUT2D eigenvalue weighted by molar-refractivity contribution is -0.237. The molecule has 0 aromatic carbocycles. The molecule has 0 radical (unpaired) electrons. The molecule has 0 saturated heterocycles. The summed E-state index contributed by atoms with van der Waals surface area (Å²) in [6.45, 7) is 0.300. The number of carbonyl (C=O) groups is 1. The standard InChI is InChI=1S/C11H10F3N3O2/c12-11(13,14)10(18)19-17-3-1-8(2-4-17)9-5-15-7-16-6-9/h1,5-7H,2-4H2. The van der Waals surface area contributed by atoms with Gasteiger partial charge in [0.2, 0.25) is 0 Å². The van der Waals surface area contributed by atoms with Gasteiger partial charge in [0.25, 0.3) is 0 Å². The molecular weight excluding hydrogens is 263 g/mol. The van der Waals surface area contributed by atoms with Crippen LogP contribution in [0.25, 0.3) is 5.57 Å². The number of hydroxylamine groups is 2. The van der Waals surface area contributed by atoms with Gasteiger partial charge in [0.15, 0.2) is 0 Å². The van der Waals surface area contributed by atoms with Crippen molar-refractivity contribution in [1.82, 2.24) is 15.0 Å². The number of aromatic nitrogens is 2. The van der Waals surface area contributed by atoms with E-state index in [9.17, 15) is 18.0 Å². The first-order chi connectivity index (χ1) is 8.97. The Morgan fingerprint density at radius 2 is 2.00 bits per heavy atom. The summed E-state index contributed by atoms with van der Waals surface area (Å²) in [6, 6.07) is 0. The van der Waals surface area contributed by atoms with Crippen molar-refractivity contribution in [3.8, 4) is 0 Å². The molecule has 1 aromatic heterocycles. The minimum absolute atomic E-state index is 0.103. The summed E-state index contributed by atoms with van der Waals surface area (Å²) in [5.41, 5.74) is 1.73. The van der Waals surface area contributed by atoms with Crippen molar-refractivity contribution in [3.05, 3.63) is 30.4 Å². The molecule has 8 heteroatoms. The maximum absolute atomic E-state index is 12.0. The topological polar surface area (TPSA) is 55.3 Å². The molecule has 19 heavy (non-hydrogen) atoms. The average Bonchev–Trinajstić information content (AvgIpc) is 2.39. The highest BCUT2D eigenvalue weighted by molar-refractivity contribution is 5.75. The van der Waals surface area contributed by atoms with Crippen molar-refractivity contribution in [2.45, 2.75) is 12.6 Å². The van der Waals surface area contributed by atoms with E-state index in [0.29, 0.717) is 6.42 Å². The highest BCUT2D eigenvalue weighted by Gasteiger charge is 2.42. The summed E-state index contributed by atoms with van der Waals surface area (Å²) in [6.07, 6.45) is 1.80. The van der Waals surface area contributed by atoms with Gasteiger partial charge in [-0.2, -0.15) is 13.2 Å². The zero-order valence-electron chi connectivity index (χ0n) is 9.72. The number of nitrogens with zero attached hydrogens (tertiary/aromatic N) is 3. The fourth-order valence-corrected chi connectivity index (χ4v) is 1.63. The van der Waals surface area contributed by atoms with Crippen molar-refractivity contribution >= 4 is 11.5 Å². The second-order valence-corrected chi connectivity index (χ2v) is 3.87. The Balaban J connectivity index is 1.95. The Morgan fingerprint density at radius 1 is 1.32 bits per heavy atom. The first-order valence-corrected chi connectivity index (χ1v) is 5.45. The number of hydrogen-bond donors (Lipinski definition) is 0. The first kappa shape index (κ1) is 13.5. The van der Waals surface area contributed by atoms with Gasteiger partial charge in [0.1, 0.15) is 6.33 Å². The third kappa shape index (κ3) is 3.50. The summed E-state index contributed by atoms with van der Waals surface area (Å²) in [7, 11) is 0. The van der Waals surface area contributed by atoms with Gasteiger partial charge in [-0.25, -0.2) is 14.8 Å². The monoisotopic (exact) mass is 273 g/mol. The summed E-state index contributed by atoms with van der Waals surface area (Å²) < 4.78 is 36.0. The van der Waals surface area contributed by atoms with Gasteiger partial charge in [-0.3, -0.25) is 0 Å². The Morgan fingerprint density at radius 3 is 2.53 bits per heavy atom. The molecule has 0 spiro atoms. The SMILES string of the molecule is O=C(ON1CC=C(c2cncnc2)CC1)C(F)(F)F. The van der Waals surface area contributed by atoms with Crippen molar-refractivity contribution < 1.29 is 22.8 Å².